The number of halogens is 3. The van der Waals surface area contributed by atoms with E-state index in [-0.39, 0.29) is 0 Å². The van der Waals surface area contributed by atoms with Gasteiger partial charge >= 0.3 is 6.18 Å². The Hall–Kier alpha value is -1.45. The summed E-state index contributed by atoms with van der Waals surface area (Å²) >= 11 is 0. The summed E-state index contributed by atoms with van der Waals surface area (Å²) in [7, 11) is 0. The SMILES string of the molecule is CCc1cc2cc(C(F)(F)F)ccc2[nH]1. The van der Waals surface area contributed by atoms with Gasteiger partial charge in [0, 0.05) is 16.6 Å². The average molecular weight is 213 g/mol. The Bertz CT molecular complexity index is 482. The number of H-pyrrole nitrogens is 1. The zero-order valence-electron chi connectivity index (χ0n) is 8.15. The van der Waals surface area contributed by atoms with Crippen molar-refractivity contribution < 1.29 is 13.2 Å². The second-order valence-corrected chi connectivity index (χ2v) is 3.45. The lowest BCUT2D eigenvalue weighted by Crippen LogP contribution is -2.03. The van der Waals surface area contributed by atoms with Crippen LogP contribution in [0.25, 0.3) is 10.9 Å². The first kappa shape index (κ1) is 10.1. The zero-order valence-corrected chi connectivity index (χ0v) is 8.15. The Morgan fingerprint density at radius 1 is 1.20 bits per heavy atom. The van der Waals surface area contributed by atoms with Gasteiger partial charge in [-0.25, -0.2) is 0 Å². The molecule has 15 heavy (non-hydrogen) atoms. The van der Waals surface area contributed by atoms with Crippen molar-refractivity contribution in [3.8, 4) is 0 Å². The molecule has 1 aromatic heterocycles. The third-order valence-corrected chi connectivity index (χ3v) is 2.38. The molecule has 0 aliphatic heterocycles. The molecule has 0 fully saturated rings. The van der Waals surface area contributed by atoms with E-state index in [9.17, 15) is 13.2 Å². The van der Waals surface area contributed by atoms with Gasteiger partial charge in [0.25, 0.3) is 0 Å². The maximum Gasteiger partial charge on any atom is 0.416 e. The van der Waals surface area contributed by atoms with Crippen molar-refractivity contribution in [2.24, 2.45) is 0 Å². The largest absolute Gasteiger partial charge is 0.416 e. The highest BCUT2D eigenvalue weighted by Crippen LogP contribution is 2.31. The van der Waals surface area contributed by atoms with Crippen LogP contribution in [0.3, 0.4) is 0 Å². The first-order chi connectivity index (χ1) is 7.00. The van der Waals surface area contributed by atoms with E-state index in [4.69, 9.17) is 0 Å². The molecule has 0 amide bonds. The zero-order chi connectivity index (χ0) is 11.1. The van der Waals surface area contributed by atoms with Crippen LogP contribution in [0.2, 0.25) is 0 Å². The highest BCUT2D eigenvalue weighted by molar-refractivity contribution is 5.81. The van der Waals surface area contributed by atoms with Crippen molar-refractivity contribution in [1.29, 1.82) is 0 Å². The summed E-state index contributed by atoms with van der Waals surface area (Å²) in [5.74, 6) is 0. The molecule has 1 nitrogen and oxygen atoms in total. The first-order valence-corrected chi connectivity index (χ1v) is 4.69. The summed E-state index contributed by atoms with van der Waals surface area (Å²) in [4.78, 5) is 3.06. The molecule has 2 aromatic rings. The number of rotatable bonds is 1. The fourth-order valence-corrected chi connectivity index (χ4v) is 1.56. The number of alkyl halides is 3. The average Bonchev–Trinajstić information content (AvgIpc) is 2.57. The van der Waals surface area contributed by atoms with Gasteiger partial charge in [-0.1, -0.05) is 6.92 Å². The lowest BCUT2D eigenvalue weighted by molar-refractivity contribution is -0.137. The standard InChI is InChI=1S/C11H10F3N/c1-2-9-6-7-5-8(11(12,13)14)3-4-10(7)15-9/h3-6,15H,2H2,1H3. The van der Waals surface area contributed by atoms with Gasteiger partial charge < -0.3 is 4.98 Å². The van der Waals surface area contributed by atoms with E-state index in [2.05, 4.69) is 4.98 Å². The topological polar surface area (TPSA) is 15.8 Å². The fraction of sp³-hybridized carbons (Fsp3) is 0.273. The van der Waals surface area contributed by atoms with Crippen LogP contribution in [0.4, 0.5) is 13.2 Å². The number of fused-ring (bicyclic) bond motifs is 1. The Labute approximate surface area is 84.9 Å². The van der Waals surface area contributed by atoms with Crippen LogP contribution in [-0.2, 0) is 12.6 Å². The molecule has 0 unspecified atom stereocenters. The van der Waals surface area contributed by atoms with Crippen LogP contribution in [0, 0.1) is 0 Å². The Morgan fingerprint density at radius 3 is 2.53 bits per heavy atom. The number of aromatic nitrogens is 1. The molecule has 1 N–H and O–H groups in total. The van der Waals surface area contributed by atoms with Gasteiger partial charge in [0.05, 0.1) is 5.56 Å². The Morgan fingerprint density at radius 2 is 1.93 bits per heavy atom. The predicted octanol–water partition coefficient (Wildman–Crippen LogP) is 3.75. The van der Waals surface area contributed by atoms with E-state index in [1.165, 1.54) is 12.1 Å². The molecular formula is C11H10F3N. The molecule has 0 spiro atoms. The molecular weight excluding hydrogens is 203 g/mol. The minimum atomic E-state index is -4.27. The van der Waals surface area contributed by atoms with Crippen molar-refractivity contribution in [1.82, 2.24) is 4.98 Å². The minimum absolute atomic E-state index is 0.600. The van der Waals surface area contributed by atoms with Crippen molar-refractivity contribution in [2.45, 2.75) is 19.5 Å². The van der Waals surface area contributed by atoms with Crippen molar-refractivity contribution in [2.75, 3.05) is 0 Å². The molecule has 0 radical (unpaired) electrons. The summed E-state index contributed by atoms with van der Waals surface area (Å²) in [6.07, 6.45) is -3.48. The van der Waals surface area contributed by atoms with E-state index in [0.717, 1.165) is 23.7 Å². The summed E-state index contributed by atoms with van der Waals surface area (Å²) in [6.45, 7) is 1.95. The van der Waals surface area contributed by atoms with Gasteiger partial charge in [-0.2, -0.15) is 13.2 Å². The molecule has 0 bridgehead atoms. The molecule has 80 valence electrons. The molecule has 0 aliphatic carbocycles. The quantitative estimate of drug-likeness (QED) is 0.742. The Balaban J connectivity index is 2.55. The van der Waals surface area contributed by atoms with Gasteiger partial charge in [-0.05, 0) is 30.7 Å². The molecule has 4 heteroatoms. The van der Waals surface area contributed by atoms with E-state index in [1.54, 1.807) is 6.07 Å². The van der Waals surface area contributed by atoms with Crippen LogP contribution in [0.1, 0.15) is 18.2 Å². The predicted molar refractivity (Wildman–Crippen MR) is 52.7 cm³/mol. The normalized spacial score (nSPS) is 12.3. The number of hydrogen-bond acceptors (Lipinski definition) is 0. The molecule has 0 saturated carbocycles. The van der Waals surface area contributed by atoms with E-state index in [1.807, 2.05) is 6.92 Å². The number of hydrogen-bond donors (Lipinski definition) is 1. The number of benzene rings is 1. The number of aryl methyl sites for hydroxylation is 1. The summed E-state index contributed by atoms with van der Waals surface area (Å²) in [5.41, 5.74) is 1.10. The fourth-order valence-electron chi connectivity index (χ4n) is 1.56. The van der Waals surface area contributed by atoms with Gasteiger partial charge in [0.2, 0.25) is 0 Å². The molecule has 0 atom stereocenters. The second kappa shape index (κ2) is 3.29. The van der Waals surface area contributed by atoms with E-state index < -0.39 is 11.7 Å². The smallest absolute Gasteiger partial charge is 0.358 e. The molecule has 2 rings (SSSR count). The number of nitrogens with one attached hydrogen (secondary N) is 1. The maximum atomic E-state index is 12.4. The summed E-state index contributed by atoms with van der Waals surface area (Å²) in [6, 6.07) is 5.49. The molecule has 0 aliphatic rings. The maximum absolute atomic E-state index is 12.4. The highest BCUT2D eigenvalue weighted by atomic mass is 19.4. The minimum Gasteiger partial charge on any atom is -0.358 e. The van der Waals surface area contributed by atoms with Crippen LogP contribution < -0.4 is 0 Å². The van der Waals surface area contributed by atoms with Gasteiger partial charge in [0.15, 0.2) is 0 Å². The third kappa shape index (κ3) is 1.84. The Kier molecular flexibility index (Phi) is 2.21. The highest BCUT2D eigenvalue weighted by Gasteiger charge is 2.30. The van der Waals surface area contributed by atoms with Crippen molar-refractivity contribution >= 4 is 10.9 Å². The van der Waals surface area contributed by atoms with Crippen LogP contribution in [0.15, 0.2) is 24.3 Å². The van der Waals surface area contributed by atoms with Gasteiger partial charge in [-0.15, -0.1) is 0 Å². The third-order valence-electron chi connectivity index (χ3n) is 2.38. The van der Waals surface area contributed by atoms with Crippen LogP contribution >= 0.6 is 0 Å². The monoisotopic (exact) mass is 213 g/mol. The molecule has 0 saturated heterocycles. The van der Waals surface area contributed by atoms with Gasteiger partial charge in [-0.3, -0.25) is 0 Å². The van der Waals surface area contributed by atoms with E-state index in [0.29, 0.717) is 5.39 Å². The van der Waals surface area contributed by atoms with Crippen LogP contribution in [0.5, 0.6) is 0 Å². The number of aromatic amines is 1. The van der Waals surface area contributed by atoms with Gasteiger partial charge in [0.1, 0.15) is 0 Å². The second-order valence-electron chi connectivity index (χ2n) is 3.45. The summed E-state index contributed by atoms with van der Waals surface area (Å²) < 4.78 is 37.2. The molecule has 1 aromatic carbocycles. The first-order valence-electron chi connectivity index (χ1n) is 4.69. The lowest BCUT2D eigenvalue weighted by atomic mass is 10.1. The van der Waals surface area contributed by atoms with Crippen LogP contribution in [-0.4, -0.2) is 4.98 Å². The van der Waals surface area contributed by atoms with E-state index >= 15 is 0 Å². The van der Waals surface area contributed by atoms with Crippen molar-refractivity contribution in [3.63, 3.8) is 0 Å². The summed E-state index contributed by atoms with van der Waals surface area (Å²) in [5, 5.41) is 0.613. The van der Waals surface area contributed by atoms with Crippen molar-refractivity contribution in [3.05, 3.63) is 35.5 Å². The lowest BCUT2D eigenvalue weighted by Gasteiger charge is -2.05. The molecule has 1 heterocycles.